The largest absolute Gasteiger partial charge is 0.261 e. The van der Waals surface area contributed by atoms with Crippen molar-refractivity contribution >= 4 is 15.9 Å². The van der Waals surface area contributed by atoms with Crippen molar-refractivity contribution in [3.8, 4) is 0 Å². The fourth-order valence-electron chi connectivity index (χ4n) is 0.815. The Morgan fingerprint density at radius 1 is 1.60 bits per heavy atom. The summed E-state index contributed by atoms with van der Waals surface area (Å²) < 4.78 is 1.17. The molecule has 1 nitrogen and oxygen atoms in total. The third kappa shape index (κ3) is 1.57. The summed E-state index contributed by atoms with van der Waals surface area (Å²) in [6, 6.07) is 2.04. The highest BCUT2D eigenvalue weighted by molar-refractivity contribution is 9.10. The Hall–Kier alpha value is -0.370. The number of aryl methyl sites for hydroxylation is 2. The van der Waals surface area contributed by atoms with Crippen LogP contribution in [-0.4, -0.2) is 4.98 Å². The quantitative estimate of drug-likeness (QED) is 0.679. The van der Waals surface area contributed by atoms with Gasteiger partial charge in [0.1, 0.15) is 0 Å². The number of rotatable bonds is 1. The van der Waals surface area contributed by atoms with Gasteiger partial charge in [-0.2, -0.15) is 0 Å². The number of nitrogens with zero attached hydrogens (tertiary/aromatic N) is 1. The van der Waals surface area contributed by atoms with E-state index in [0.29, 0.717) is 0 Å². The monoisotopic (exact) mass is 199 g/mol. The van der Waals surface area contributed by atoms with E-state index in [0.717, 1.165) is 12.1 Å². The average Bonchev–Trinajstić information content (AvgIpc) is 1.88. The molecule has 0 bridgehead atoms. The fourth-order valence-corrected chi connectivity index (χ4v) is 1.53. The minimum atomic E-state index is 1.04. The molecule has 1 rings (SSSR count). The molecule has 0 aliphatic rings. The molecule has 1 aromatic heterocycles. The van der Waals surface area contributed by atoms with Crippen LogP contribution in [0.4, 0.5) is 0 Å². The lowest BCUT2D eigenvalue weighted by atomic mass is 10.2. The van der Waals surface area contributed by atoms with E-state index < -0.39 is 0 Å². The summed E-state index contributed by atoms with van der Waals surface area (Å²) >= 11 is 3.47. The molecule has 10 heavy (non-hydrogen) atoms. The molecule has 0 amide bonds. The van der Waals surface area contributed by atoms with Gasteiger partial charge < -0.3 is 0 Å². The van der Waals surface area contributed by atoms with Gasteiger partial charge >= 0.3 is 0 Å². The van der Waals surface area contributed by atoms with Gasteiger partial charge in [0.05, 0.1) is 0 Å². The molecule has 1 aromatic rings. The first-order valence-electron chi connectivity index (χ1n) is 3.35. The second-order valence-corrected chi connectivity index (χ2v) is 3.12. The average molecular weight is 200 g/mol. The molecule has 0 atom stereocenters. The SMILES string of the molecule is CCc1cnc(C)cc1Br. The smallest absolute Gasteiger partial charge is 0.0384 e. The van der Waals surface area contributed by atoms with Crippen LogP contribution in [0.5, 0.6) is 0 Å². The van der Waals surface area contributed by atoms with Crippen molar-refractivity contribution in [1.29, 1.82) is 0 Å². The van der Waals surface area contributed by atoms with Crippen LogP contribution in [-0.2, 0) is 6.42 Å². The third-order valence-electron chi connectivity index (χ3n) is 1.45. The van der Waals surface area contributed by atoms with E-state index in [-0.39, 0.29) is 0 Å². The van der Waals surface area contributed by atoms with Crippen molar-refractivity contribution < 1.29 is 0 Å². The Balaban J connectivity index is 3.07. The molecule has 1 heterocycles. The number of pyridine rings is 1. The predicted molar refractivity (Wildman–Crippen MR) is 46.1 cm³/mol. The maximum Gasteiger partial charge on any atom is 0.0384 e. The summed E-state index contributed by atoms with van der Waals surface area (Å²) in [5.74, 6) is 0. The van der Waals surface area contributed by atoms with Gasteiger partial charge in [-0.05, 0) is 25.0 Å². The zero-order valence-corrected chi connectivity index (χ0v) is 7.77. The molecule has 2 heteroatoms. The van der Waals surface area contributed by atoms with E-state index in [9.17, 15) is 0 Å². The zero-order chi connectivity index (χ0) is 7.56. The van der Waals surface area contributed by atoms with Crippen LogP contribution in [0.3, 0.4) is 0 Å². The van der Waals surface area contributed by atoms with Gasteiger partial charge in [-0.25, -0.2) is 0 Å². The van der Waals surface area contributed by atoms with Crippen LogP contribution >= 0.6 is 15.9 Å². The van der Waals surface area contributed by atoms with Crippen molar-refractivity contribution in [2.24, 2.45) is 0 Å². The normalized spacial score (nSPS) is 9.90. The standard InChI is InChI=1S/C8H10BrN/c1-3-7-5-10-6(2)4-8(7)9/h4-5H,3H2,1-2H3. The minimum absolute atomic E-state index is 1.04. The summed E-state index contributed by atoms with van der Waals surface area (Å²) in [5, 5.41) is 0. The van der Waals surface area contributed by atoms with Crippen LogP contribution in [0.2, 0.25) is 0 Å². The maximum absolute atomic E-state index is 4.18. The molecular formula is C8H10BrN. The third-order valence-corrected chi connectivity index (χ3v) is 2.19. The van der Waals surface area contributed by atoms with Gasteiger partial charge in [0.2, 0.25) is 0 Å². The van der Waals surface area contributed by atoms with Crippen LogP contribution < -0.4 is 0 Å². The maximum atomic E-state index is 4.18. The summed E-state index contributed by atoms with van der Waals surface area (Å²) in [4.78, 5) is 4.18. The van der Waals surface area contributed by atoms with Crippen LogP contribution in [0.15, 0.2) is 16.7 Å². The van der Waals surface area contributed by atoms with E-state index in [2.05, 4.69) is 27.8 Å². The molecule has 0 fully saturated rings. The molecule has 54 valence electrons. The summed E-state index contributed by atoms with van der Waals surface area (Å²) in [5.41, 5.74) is 2.33. The fraction of sp³-hybridized carbons (Fsp3) is 0.375. The lowest BCUT2D eigenvalue weighted by Gasteiger charge is -1.99. The van der Waals surface area contributed by atoms with Crippen molar-refractivity contribution in [2.45, 2.75) is 20.3 Å². The first kappa shape index (κ1) is 7.73. The Morgan fingerprint density at radius 2 is 2.30 bits per heavy atom. The summed E-state index contributed by atoms with van der Waals surface area (Å²) in [6.07, 6.45) is 2.95. The van der Waals surface area contributed by atoms with Gasteiger partial charge in [-0.15, -0.1) is 0 Å². The lowest BCUT2D eigenvalue weighted by molar-refractivity contribution is 1.06. The van der Waals surface area contributed by atoms with Crippen LogP contribution in [0.1, 0.15) is 18.2 Å². The first-order valence-corrected chi connectivity index (χ1v) is 4.14. The van der Waals surface area contributed by atoms with Crippen LogP contribution in [0, 0.1) is 6.92 Å². The van der Waals surface area contributed by atoms with Crippen molar-refractivity contribution in [3.63, 3.8) is 0 Å². The van der Waals surface area contributed by atoms with Crippen molar-refractivity contribution in [1.82, 2.24) is 4.98 Å². The molecule has 0 aliphatic heterocycles. The van der Waals surface area contributed by atoms with E-state index in [1.165, 1.54) is 10.0 Å². The molecule has 0 aliphatic carbocycles. The van der Waals surface area contributed by atoms with Crippen LogP contribution in [0.25, 0.3) is 0 Å². The highest BCUT2D eigenvalue weighted by atomic mass is 79.9. The molecular weight excluding hydrogens is 190 g/mol. The molecule has 0 unspecified atom stereocenters. The number of hydrogen-bond acceptors (Lipinski definition) is 1. The van der Waals surface area contributed by atoms with E-state index in [1.54, 1.807) is 0 Å². The second-order valence-electron chi connectivity index (χ2n) is 2.27. The molecule has 0 saturated heterocycles. The molecule has 0 saturated carbocycles. The minimum Gasteiger partial charge on any atom is -0.261 e. The highest BCUT2D eigenvalue weighted by Crippen LogP contribution is 2.16. The number of hydrogen-bond donors (Lipinski definition) is 0. The van der Waals surface area contributed by atoms with E-state index in [1.807, 2.05) is 19.2 Å². The molecule has 0 spiro atoms. The Bertz CT molecular complexity index is 233. The van der Waals surface area contributed by atoms with E-state index in [4.69, 9.17) is 0 Å². The molecule has 0 radical (unpaired) electrons. The number of aromatic nitrogens is 1. The number of halogens is 1. The first-order chi connectivity index (χ1) is 4.74. The Kier molecular flexibility index (Phi) is 2.44. The summed E-state index contributed by atoms with van der Waals surface area (Å²) in [7, 11) is 0. The molecule has 0 N–H and O–H groups in total. The van der Waals surface area contributed by atoms with Gasteiger partial charge in [-0.1, -0.05) is 22.9 Å². The topological polar surface area (TPSA) is 12.9 Å². The van der Waals surface area contributed by atoms with Gasteiger partial charge in [0.15, 0.2) is 0 Å². The molecule has 0 aromatic carbocycles. The van der Waals surface area contributed by atoms with Gasteiger partial charge in [0, 0.05) is 16.4 Å². The lowest BCUT2D eigenvalue weighted by Crippen LogP contribution is -1.86. The van der Waals surface area contributed by atoms with E-state index >= 15 is 0 Å². The Labute approximate surface area is 69.6 Å². The highest BCUT2D eigenvalue weighted by Gasteiger charge is 1.96. The summed E-state index contributed by atoms with van der Waals surface area (Å²) in [6.45, 7) is 4.11. The van der Waals surface area contributed by atoms with Gasteiger partial charge in [0.25, 0.3) is 0 Å². The Morgan fingerprint density at radius 3 is 2.80 bits per heavy atom. The van der Waals surface area contributed by atoms with Gasteiger partial charge in [-0.3, -0.25) is 4.98 Å². The van der Waals surface area contributed by atoms with Crippen molar-refractivity contribution in [3.05, 3.63) is 28.0 Å². The zero-order valence-electron chi connectivity index (χ0n) is 6.19. The predicted octanol–water partition coefficient (Wildman–Crippen LogP) is 2.71. The van der Waals surface area contributed by atoms with Crippen molar-refractivity contribution in [2.75, 3.05) is 0 Å². The second kappa shape index (κ2) is 3.15.